The molecule has 0 aliphatic heterocycles. The van der Waals surface area contributed by atoms with Crippen molar-refractivity contribution in [1.29, 1.82) is 0 Å². The van der Waals surface area contributed by atoms with Crippen LogP contribution in [0.25, 0.3) is 11.5 Å². The third kappa shape index (κ3) is 2.35. The predicted molar refractivity (Wildman–Crippen MR) is 59.2 cm³/mol. The van der Waals surface area contributed by atoms with Crippen LogP contribution in [0.3, 0.4) is 0 Å². The molecule has 1 N–H and O–H groups in total. The van der Waals surface area contributed by atoms with Gasteiger partial charge in [-0.15, -0.1) is 0 Å². The van der Waals surface area contributed by atoms with E-state index in [1.54, 1.807) is 7.05 Å². The maximum atomic E-state index is 11.1. The summed E-state index contributed by atoms with van der Waals surface area (Å²) in [6.07, 6.45) is 0.107. The molecule has 0 saturated heterocycles. The molecule has 2 heterocycles. The number of nitrogens with one attached hydrogen (secondary N) is 1. The van der Waals surface area contributed by atoms with Crippen LogP contribution >= 0.6 is 0 Å². The van der Waals surface area contributed by atoms with E-state index in [1.165, 1.54) is 0 Å². The van der Waals surface area contributed by atoms with Crippen molar-refractivity contribution >= 4 is 5.91 Å². The molecule has 0 unspecified atom stereocenters. The molecular weight excluding hydrogens is 222 g/mol. The molecule has 2 aromatic heterocycles. The minimum atomic E-state index is -0.155. The molecule has 90 valence electrons. The lowest BCUT2D eigenvalue weighted by molar-refractivity contribution is -0.120. The molecule has 0 aliphatic carbocycles. The van der Waals surface area contributed by atoms with E-state index in [1.807, 2.05) is 19.9 Å². The summed E-state index contributed by atoms with van der Waals surface area (Å²) < 4.78 is 10.5. The molecule has 0 saturated carbocycles. The first kappa shape index (κ1) is 11.4. The Kier molecular flexibility index (Phi) is 2.95. The van der Waals surface area contributed by atoms with Gasteiger partial charge in [0.2, 0.25) is 5.91 Å². The predicted octanol–water partition coefficient (Wildman–Crippen LogP) is 1.23. The highest BCUT2D eigenvalue weighted by Crippen LogP contribution is 2.24. The first-order valence-corrected chi connectivity index (χ1v) is 5.20. The van der Waals surface area contributed by atoms with Crippen LogP contribution in [0.15, 0.2) is 15.0 Å². The number of aromatic nitrogens is 2. The molecule has 17 heavy (non-hydrogen) atoms. The van der Waals surface area contributed by atoms with Crippen molar-refractivity contribution in [2.75, 3.05) is 7.05 Å². The number of rotatable bonds is 3. The SMILES string of the molecule is CNC(=O)Cc1noc(-c2cc(C)oc2C)n1. The van der Waals surface area contributed by atoms with Crippen LogP contribution < -0.4 is 5.32 Å². The number of aryl methyl sites for hydroxylation is 2. The summed E-state index contributed by atoms with van der Waals surface area (Å²) in [5.41, 5.74) is 0.762. The molecule has 2 aromatic rings. The van der Waals surface area contributed by atoms with E-state index in [9.17, 15) is 4.79 Å². The monoisotopic (exact) mass is 235 g/mol. The van der Waals surface area contributed by atoms with Gasteiger partial charge in [-0.25, -0.2) is 0 Å². The van der Waals surface area contributed by atoms with Crippen molar-refractivity contribution in [2.24, 2.45) is 0 Å². The zero-order valence-electron chi connectivity index (χ0n) is 9.90. The van der Waals surface area contributed by atoms with Crippen molar-refractivity contribution in [3.05, 3.63) is 23.4 Å². The maximum Gasteiger partial charge on any atom is 0.261 e. The molecule has 0 aromatic carbocycles. The average Bonchev–Trinajstić information content (AvgIpc) is 2.85. The Labute approximate surface area is 98.0 Å². The normalized spacial score (nSPS) is 10.5. The van der Waals surface area contributed by atoms with Crippen LogP contribution in [0.1, 0.15) is 17.3 Å². The zero-order valence-corrected chi connectivity index (χ0v) is 9.90. The number of hydrogen-bond acceptors (Lipinski definition) is 5. The molecule has 2 rings (SSSR count). The zero-order chi connectivity index (χ0) is 12.4. The fourth-order valence-electron chi connectivity index (χ4n) is 1.51. The molecule has 0 atom stereocenters. The van der Waals surface area contributed by atoms with Gasteiger partial charge in [-0.3, -0.25) is 4.79 Å². The van der Waals surface area contributed by atoms with Gasteiger partial charge in [0.25, 0.3) is 5.89 Å². The van der Waals surface area contributed by atoms with Crippen LogP contribution in [0.4, 0.5) is 0 Å². The standard InChI is InChI=1S/C11H13N3O3/c1-6-4-8(7(2)16-6)11-13-9(14-17-11)5-10(15)12-3/h4H,5H2,1-3H3,(H,12,15). The van der Waals surface area contributed by atoms with Gasteiger partial charge < -0.3 is 14.3 Å². The fourth-order valence-corrected chi connectivity index (χ4v) is 1.51. The summed E-state index contributed by atoms with van der Waals surface area (Å²) in [5.74, 6) is 2.08. The topological polar surface area (TPSA) is 81.2 Å². The van der Waals surface area contributed by atoms with E-state index in [0.29, 0.717) is 11.7 Å². The molecule has 0 bridgehead atoms. The van der Waals surface area contributed by atoms with Gasteiger partial charge in [0.15, 0.2) is 5.82 Å². The summed E-state index contributed by atoms with van der Waals surface area (Å²) in [7, 11) is 1.56. The first-order valence-electron chi connectivity index (χ1n) is 5.20. The van der Waals surface area contributed by atoms with Crippen molar-refractivity contribution in [3.63, 3.8) is 0 Å². The molecule has 6 nitrogen and oxygen atoms in total. The number of likely N-dealkylation sites (N-methyl/N-ethyl adjacent to an activating group) is 1. The summed E-state index contributed by atoms with van der Waals surface area (Å²) >= 11 is 0. The Bertz CT molecular complexity index is 542. The Balaban J connectivity index is 2.24. The Morgan fingerprint density at radius 1 is 1.47 bits per heavy atom. The third-order valence-electron chi connectivity index (χ3n) is 2.34. The molecule has 1 amide bonds. The molecule has 6 heteroatoms. The van der Waals surface area contributed by atoms with E-state index in [4.69, 9.17) is 8.94 Å². The minimum absolute atomic E-state index is 0.107. The van der Waals surface area contributed by atoms with Crippen molar-refractivity contribution in [1.82, 2.24) is 15.5 Å². The van der Waals surface area contributed by atoms with Gasteiger partial charge in [0, 0.05) is 7.05 Å². The quantitative estimate of drug-likeness (QED) is 0.865. The summed E-state index contributed by atoms with van der Waals surface area (Å²) in [6.45, 7) is 3.67. The first-order chi connectivity index (χ1) is 8.10. The number of hydrogen-bond donors (Lipinski definition) is 1. The molecule has 0 fully saturated rings. The largest absolute Gasteiger partial charge is 0.466 e. The second-order valence-corrected chi connectivity index (χ2v) is 3.69. The van der Waals surface area contributed by atoms with E-state index in [0.717, 1.165) is 17.1 Å². The van der Waals surface area contributed by atoms with E-state index in [-0.39, 0.29) is 12.3 Å². The van der Waals surface area contributed by atoms with Crippen molar-refractivity contribution < 1.29 is 13.7 Å². The smallest absolute Gasteiger partial charge is 0.261 e. The Morgan fingerprint density at radius 3 is 2.82 bits per heavy atom. The highest BCUT2D eigenvalue weighted by atomic mass is 16.5. The Hall–Kier alpha value is -2.11. The number of carbonyl (C=O) groups excluding carboxylic acids is 1. The summed E-state index contributed by atoms with van der Waals surface area (Å²) in [6, 6.07) is 1.83. The van der Waals surface area contributed by atoms with E-state index >= 15 is 0 Å². The number of amides is 1. The Morgan fingerprint density at radius 2 is 2.24 bits per heavy atom. The van der Waals surface area contributed by atoms with Crippen LogP contribution in [0.5, 0.6) is 0 Å². The highest BCUT2D eigenvalue weighted by Gasteiger charge is 2.15. The van der Waals surface area contributed by atoms with Crippen LogP contribution in [-0.2, 0) is 11.2 Å². The van der Waals surface area contributed by atoms with Crippen LogP contribution in [0, 0.1) is 13.8 Å². The van der Waals surface area contributed by atoms with Crippen LogP contribution in [0.2, 0.25) is 0 Å². The van der Waals surface area contributed by atoms with Gasteiger partial charge in [0.05, 0.1) is 12.0 Å². The third-order valence-corrected chi connectivity index (χ3v) is 2.34. The molecule has 0 radical (unpaired) electrons. The molecular formula is C11H13N3O3. The number of furan rings is 1. The lowest BCUT2D eigenvalue weighted by Crippen LogP contribution is -2.20. The lowest BCUT2D eigenvalue weighted by atomic mass is 10.2. The van der Waals surface area contributed by atoms with Crippen molar-refractivity contribution in [2.45, 2.75) is 20.3 Å². The summed E-state index contributed by atoms with van der Waals surface area (Å²) in [5, 5.41) is 6.24. The fraction of sp³-hybridized carbons (Fsp3) is 0.364. The van der Waals surface area contributed by atoms with Gasteiger partial charge in [-0.1, -0.05) is 5.16 Å². The molecule has 0 aliphatic rings. The number of nitrogens with zero attached hydrogens (tertiary/aromatic N) is 2. The summed E-state index contributed by atoms with van der Waals surface area (Å²) in [4.78, 5) is 15.3. The van der Waals surface area contributed by atoms with Gasteiger partial charge in [-0.2, -0.15) is 4.98 Å². The van der Waals surface area contributed by atoms with Gasteiger partial charge in [0.1, 0.15) is 11.5 Å². The second kappa shape index (κ2) is 4.40. The highest BCUT2D eigenvalue weighted by molar-refractivity contribution is 5.77. The van der Waals surface area contributed by atoms with Gasteiger partial charge in [-0.05, 0) is 19.9 Å². The second-order valence-electron chi connectivity index (χ2n) is 3.69. The van der Waals surface area contributed by atoms with E-state index in [2.05, 4.69) is 15.5 Å². The average molecular weight is 235 g/mol. The lowest BCUT2D eigenvalue weighted by Gasteiger charge is -1.91. The van der Waals surface area contributed by atoms with Crippen molar-refractivity contribution in [3.8, 4) is 11.5 Å². The van der Waals surface area contributed by atoms with Gasteiger partial charge >= 0.3 is 0 Å². The minimum Gasteiger partial charge on any atom is -0.466 e. The number of carbonyl (C=O) groups is 1. The van der Waals surface area contributed by atoms with E-state index < -0.39 is 0 Å². The van der Waals surface area contributed by atoms with Crippen LogP contribution in [-0.4, -0.2) is 23.1 Å². The maximum absolute atomic E-state index is 11.1. The molecule has 0 spiro atoms.